The van der Waals surface area contributed by atoms with Crippen LogP contribution in [0.4, 0.5) is 4.39 Å². The normalized spacial score (nSPS) is 10.6. The van der Waals surface area contributed by atoms with Crippen LogP contribution in [-0.2, 0) is 13.0 Å². The molecular formula is C17H15FN4. The molecule has 2 heterocycles. The number of aromatic nitrogens is 3. The predicted octanol–water partition coefficient (Wildman–Crippen LogP) is 2.73. The molecule has 0 bridgehead atoms. The molecule has 0 amide bonds. The summed E-state index contributed by atoms with van der Waals surface area (Å²) in [7, 11) is 0. The highest BCUT2D eigenvalue weighted by molar-refractivity contribution is 5.49. The number of nitrogens with zero attached hydrogens (tertiary/aromatic N) is 3. The molecule has 2 N–H and O–H groups in total. The van der Waals surface area contributed by atoms with Crippen molar-refractivity contribution in [3.05, 3.63) is 77.5 Å². The van der Waals surface area contributed by atoms with Gasteiger partial charge in [0, 0.05) is 25.4 Å². The first-order chi connectivity index (χ1) is 10.8. The van der Waals surface area contributed by atoms with E-state index >= 15 is 0 Å². The van der Waals surface area contributed by atoms with Gasteiger partial charge in [0.05, 0.1) is 5.69 Å². The zero-order chi connectivity index (χ0) is 15.4. The fourth-order valence-electron chi connectivity index (χ4n) is 2.23. The minimum absolute atomic E-state index is 0.237. The molecular weight excluding hydrogens is 279 g/mol. The third-order valence-corrected chi connectivity index (χ3v) is 3.38. The van der Waals surface area contributed by atoms with Gasteiger partial charge in [-0.25, -0.2) is 14.4 Å². The van der Waals surface area contributed by atoms with Crippen LogP contribution in [-0.4, -0.2) is 15.0 Å². The predicted molar refractivity (Wildman–Crippen MR) is 82.4 cm³/mol. The second kappa shape index (κ2) is 6.41. The third kappa shape index (κ3) is 2.99. The minimum Gasteiger partial charge on any atom is -0.325 e. The summed E-state index contributed by atoms with van der Waals surface area (Å²) in [5.74, 6) is 0.289. The van der Waals surface area contributed by atoms with Gasteiger partial charge in [-0.2, -0.15) is 0 Å². The molecule has 0 unspecified atom stereocenters. The van der Waals surface area contributed by atoms with Crippen LogP contribution < -0.4 is 5.73 Å². The van der Waals surface area contributed by atoms with Crippen LogP contribution in [0, 0.1) is 5.82 Å². The highest BCUT2D eigenvalue weighted by atomic mass is 19.1. The van der Waals surface area contributed by atoms with E-state index in [1.807, 2.05) is 24.3 Å². The Morgan fingerprint density at radius 2 is 1.77 bits per heavy atom. The Hall–Kier alpha value is -2.66. The van der Waals surface area contributed by atoms with Gasteiger partial charge in [-0.05, 0) is 29.3 Å². The van der Waals surface area contributed by atoms with Gasteiger partial charge in [0.2, 0.25) is 0 Å². The van der Waals surface area contributed by atoms with Crippen LogP contribution in [0.25, 0.3) is 11.5 Å². The van der Waals surface area contributed by atoms with Crippen molar-refractivity contribution in [2.75, 3.05) is 0 Å². The van der Waals surface area contributed by atoms with Crippen molar-refractivity contribution in [1.82, 2.24) is 15.0 Å². The molecule has 0 aliphatic carbocycles. The van der Waals surface area contributed by atoms with Crippen molar-refractivity contribution >= 4 is 0 Å². The zero-order valence-corrected chi connectivity index (χ0v) is 11.9. The van der Waals surface area contributed by atoms with Crippen LogP contribution >= 0.6 is 0 Å². The Bertz CT molecular complexity index is 775. The summed E-state index contributed by atoms with van der Waals surface area (Å²) in [6, 6.07) is 12.2. The zero-order valence-electron chi connectivity index (χ0n) is 11.9. The number of benzene rings is 1. The fourth-order valence-corrected chi connectivity index (χ4v) is 2.23. The third-order valence-electron chi connectivity index (χ3n) is 3.38. The van der Waals surface area contributed by atoms with Gasteiger partial charge in [-0.1, -0.05) is 24.3 Å². The van der Waals surface area contributed by atoms with Crippen molar-refractivity contribution < 1.29 is 4.39 Å². The quantitative estimate of drug-likeness (QED) is 0.803. The van der Waals surface area contributed by atoms with E-state index in [1.54, 1.807) is 24.5 Å². The summed E-state index contributed by atoms with van der Waals surface area (Å²) in [5, 5.41) is 0. The van der Waals surface area contributed by atoms with Gasteiger partial charge in [0.25, 0.3) is 0 Å². The molecule has 3 aromatic rings. The van der Waals surface area contributed by atoms with Crippen LogP contribution in [0.1, 0.15) is 16.8 Å². The van der Waals surface area contributed by atoms with Crippen molar-refractivity contribution in [3.63, 3.8) is 0 Å². The summed E-state index contributed by atoms with van der Waals surface area (Å²) in [6.07, 6.45) is 3.81. The van der Waals surface area contributed by atoms with E-state index in [0.29, 0.717) is 29.2 Å². The van der Waals surface area contributed by atoms with E-state index in [1.165, 1.54) is 6.07 Å². The number of halogens is 1. The molecule has 1 aromatic carbocycles. The Morgan fingerprint density at radius 3 is 2.50 bits per heavy atom. The molecule has 110 valence electrons. The molecule has 2 aromatic heterocycles. The molecule has 0 saturated heterocycles. The molecule has 3 rings (SSSR count). The standard InChI is InChI=1S/C17H15FN4/c18-14-6-2-1-5-12(14)9-13-11-21-17(22-16(13)10-19)15-7-3-4-8-20-15/h1-8,11H,9-10,19H2. The molecule has 0 atom stereocenters. The SMILES string of the molecule is NCc1nc(-c2ccccn2)ncc1Cc1ccccc1F. The molecule has 0 radical (unpaired) electrons. The van der Waals surface area contributed by atoms with Gasteiger partial charge in [-0.15, -0.1) is 0 Å². The maximum atomic E-state index is 13.8. The van der Waals surface area contributed by atoms with Gasteiger partial charge in [-0.3, -0.25) is 4.98 Å². The summed E-state index contributed by atoms with van der Waals surface area (Å²) >= 11 is 0. The van der Waals surface area contributed by atoms with E-state index in [0.717, 1.165) is 5.56 Å². The molecule has 5 heteroatoms. The van der Waals surface area contributed by atoms with Crippen molar-refractivity contribution in [1.29, 1.82) is 0 Å². The van der Waals surface area contributed by atoms with Gasteiger partial charge >= 0.3 is 0 Å². The maximum absolute atomic E-state index is 13.8. The molecule has 0 aliphatic rings. The summed E-state index contributed by atoms with van der Waals surface area (Å²) in [5.41, 5.74) is 8.61. The van der Waals surface area contributed by atoms with Crippen LogP contribution in [0.3, 0.4) is 0 Å². The first-order valence-corrected chi connectivity index (χ1v) is 6.97. The van der Waals surface area contributed by atoms with Crippen molar-refractivity contribution in [3.8, 4) is 11.5 Å². The summed E-state index contributed by atoms with van der Waals surface area (Å²) in [6.45, 7) is 0.270. The monoisotopic (exact) mass is 294 g/mol. The number of rotatable bonds is 4. The van der Waals surface area contributed by atoms with Crippen molar-refractivity contribution in [2.24, 2.45) is 5.73 Å². The van der Waals surface area contributed by atoms with Gasteiger partial charge < -0.3 is 5.73 Å². The summed E-state index contributed by atoms with van der Waals surface area (Å²) < 4.78 is 13.8. The molecule has 0 aliphatic heterocycles. The largest absolute Gasteiger partial charge is 0.325 e. The average molecular weight is 294 g/mol. The molecule has 0 fully saturated rings. The highest BCUT2D eigenvalue weighted by Crippen LogP contribution is 2.18. The second-order valence-electron chi connectivity index (χ2n) is 4.85. The Labute approximate surface area is 127 Å². The van der Waals surface area contributed by atoms with Crippen LogP contribution in [0.2, 0.25) is 0 Å². The lowest BCUT2D eigenvalue weighted by Crippen LogP contribution is -2.08. The topological polar surface area (TPSA) is 64.7 Å². The molecule has 0 saturated carbocycles. The van der Waals surface area contributed by atoms with E-state index in [-0.39, 0.29) is 12.4 Å². The number of hydrogen-bond acceptors (Lipinski definition) is 4. The number of hydrogen-bond donors (Lipinski definition) is 1. The van der Waals surface area contributed by atoms with Gasteiger partial charge in [0.15, 0.2) is 5.82 Å². The van der Waals surface area contributed by atoms with E-state index in [4.69, 9.17) is 5.73 Å². The van der Waals surface area contributed by atoms with Crippen molar-refractivity contribution in [2.45, 2.75) is 13.0 Å². The van der Waals surface area contributed by atoms with E-state index < -0.39 is 0 Å². The minimum atomic E-state index is -0.237. The van der Waals surface area contributed by atoms with Crippen LogP contribution in [0.15, 0.2) is 54.9 Å². The fraction of sp³-hybridized carbons (Fsp3) is 0.118. The highest BCUT2D eigenvalue weighted by Gasteiger charge is 2.10. The molecule has 22 heavy (non-hydrogen) atoms. The molecule has 0 spiro atoms. The second-order valence-corrected chi connectivity index (χ2v) is 4.85. The molecule has 4 nitrogen and oxygen atoms in total. The van der Waals surface area contributed by atoms with E-state index in [9.17, 15) is 4.39 Å². The Kier molecular flexibility index (Phi) is 4.16. The van der Waals surface area contributed by atoms with Gasteiger partial charge in [0.1, 0.15) is 11.5 Å². The lowest BCUT2D eigenvalue weighted by molar-refractivity contribution is 0.613. The smallest absolute Gasteiger partial charge is 0.178 e. The Balaban J connectivity index is 1.95. The van der Waals surface area contributed by atoms with E-state index in [2.05, 4.69) is 15.0 Å². The number of nitrogens with two attached hydrogens (primary N) is 1. The first-order valence-electron chi connectivity index (χ1n) is 6.97. The lowest BCUT2D eigenvalue weighted by atomic mass is 10.0. The average Bonchev–Trinajstić information content (AvgIpc) is 2.58. The Morgan fingerprint density at radius 1 is 0.955 bits per heavy atom. The number of pyridine rings is 1. The lowest BCUT2D eigenvalue weighted by Gasteiger charge is -2.09. The first kappa shape index (κ1) is 14.3. The van der Waals surface area contributed by atoms with Crippen LogP contribution in [0.5, 0.6) is 0 Å². The maximum Gasteiger partial charge on any atom is 0.178 e. The summed E-state index contributed by atoms with van der Waals surface area (Å²) in [4.78, 5) is 13.0.